The van der Waals surface area contributed by atoms with Gasteiger partial charge < -0.3 is 15.0 Å². The van der Waals surface area contributed by atoms with Crippen LogP contribution in [0.3, 0.4) is 0 Å². The second kappa shape index (κ2) is 7.92. The normalized spacial score (nSPS) is 14.0. The Bertz CT molecular complexity index is 699. The maximum Gasteiger partial charge on any atom is 0.387 e. The average Bonchev–Trinajstić information content (AvgIpc) is 3.15. The van der Waals surface area contributed by atoms with Crippen LogP contribution in [0.25, 0.3) is 0 Å². The van der Waals surface area contributed by atoms with Gasteiger partial charge in [0, 0.05) is 31.4 Å². The molecular formula is C18H19F2N3O2. The van der Waals surface area contributed by atoms with Gasteiger partial charge in [0.05, 0.1) is 0 Å². The van der Waals surface area contributed by atoms with Crippen LogP contribution in [0.5, 0.6) is 5.75 Å². The fraction of sp³-hybridized carbons (Fsp3) is 0.333. The number of aromatic nitrogens is 1. The number of carbonyl (C=O) groups is 1. The zero-order valence-electron chi connectivity index (χ0n) is 13.6. The summed E-state index contributed by atoms with van der Waals surface area (Å²) in [4.78, 5) is 18.8. The molecule has 0 radical (unpaired) electrons. The molecule has 1 amide bonds. The average molecular weight is 347 g/mol. The number of benzene rings is 1. The van der Waals surface area contributed by atoms with Crippen molar-refractivity contribution in [3.05, 3.63) is 53.7 Å². The molecule has 2 aromatic rings. The predicted octanol–water partition coefficient (Wildman–Crippen LogP) is 3.21. The standard InChI is InChI=1S/C18H19F2N3O2/c19-18(20)25-15-6-4-14(5-7-15)17(24)22-12-13-3-8-16(21-11-13)23-9-1-2-10-23/h3-8,11,18H,1-2,9-10,12H2,(H,22,24). The second-order valence-electron chi connectivity index (χ2n) is 5.80. The Kier molecular flexibility index (Phi) is 5.42. The van der Waals surface area contributed by atoms with E-state index >= 15 is 0 Å². The number of rotatable bonds is 6. The van der Waals surface area contributed by atoms with Crippen LogP contribution >= 0.6 is 0 Å². The lowest BCUT2D eigenvalue weighted by atomic mass is 10.2. The molecule has 0 saturated carbocycles. The van der Waals surface area contributed by atoms with Gasteiger partial charge in [-0.25, -0.2) is 4.98 Å². The van der Waals surface area contributed by atoms with Gasteiger partial charge in [0.15, 0.2) is 0 Å². The number of pyridine rings is 1. The Morgan fingerprint density at radius 2 is 1.88 bits per heavy atom. The molecule has 0 atom stereocenters. The molecule has 0 unspecified atom stereocenters. The third-order valence-electron chi connectivity index (χ3n) is 4.03. The van der Waals surface area contributed by atoms with Crippen molar-refractivity contribution in [2.45, 2.75) is 26.0 Å². The quantitative estimate of drug-likeness (QED) is 0.872. The highest BCUT2D eigenvalue weighted by atomic mass is 19.3. The van der Waals surface area contributed by atoms with Crippen LogP contribution in [-0.4, -0.2) is 30.6 Å². The Balaban J connectivity index is 1.53. The van der Waals surface area contributed by atoms with Gasteiger partial charge >= 0.3 is 6.61 Å². The van der Waals surface area contributed by atoms with E-state index in [1.807, 2.05) is 12.1 Å². The summed E-state index contributed by atoms with van der Waals surface area (Å²) in [7, 11) is 0. The molecular weight excluding hydrogens is 328 g/mol. The first kappa shape index (κ1) is 17.1. The number of alkyl halides is 2. The third kappa shape index (κ3) is 4.65. The summed E-state index contributed by atoms with van der Waals surface area (Å²) in [6.07, 6.45) is 4.15. The van der Waals surface area contributed by atoms with E-state index in [1.54, 1.807) is 6.20 Å². The second-order valence-corrected chi connectivity index (χ2v) is 5.80. The molecule has 1 aromatic heterocycles. The van der Waals surface area contributed by atoms with Gasteiger partial charge in [-0.2, -0.15) is 8.78 Å². The molecule has 1 aliphatic heterocycles. The van der Waals surface area contributed by atoms with Gasteiger partial charge in [-0.05, 0) is 48.7 Å². The van der Waals surface area contributed by atoms with E-state index in [-0.39, 0.29) is 11.7 Å². The summed E-state index contributed by atoms with van der Waals surface area (Å²) >= 11 is 0. The molecule has 1 aliphatic rings. The topological polar surface area (TPSA) is 54.5 Å². The molecule has 132 valence electrons. The van der Waals surface area contributed by atoms with Crippen LogP contribution in [-0.2, 0) is 6.54 Å². The first-order valence-electron chi connectivity index (χ1n) is 8.15. The van der Waals surface area contributed by atoms with Crippen molar-refractivity contribution in [1.29, 1.82) is 0 Å². The van der Waals surface area contributed by atoms with E-state index in [0.29, 0.717) is 12.1 Å². The number of carbonyl (C=O) groups excluding carboxylic acids is 1. The highest BCUT2D eigenvalue weighted by molar-refractivity contribution is 5.94. The lowest BCUT2D eigenvalue weighted by Gasteiger charge is -2.16. The molecule has 0 aliphatic carbocycles. The van der Waals surface area contributed by atoms with Crippen LogP contribution in [0, 0.1) is 0 Å². The summed E-state index contributed by atoms with van der Waals surface area (Å²) in [5.41, 5.74) is 1.28. The molecule has 1 aromatic carbocycles. The summed E-state index contributed by atoms with van der Waals surface area (Å²) in [6, 6.07) is 9.48. The third-order valence-corrected chi connectivity index (χ3v) is 4.03. The minimum absolute atomic E-state index is 0.0215. The maximum absolute atomic E-state index is 12.1. The first-order valence-corrected chi connectivity index (χ1v) is 8.15. The minimum atomic E-state index is -2.88. The maximum atomic E-state index is 12.1. The molecule has 0 spiro atoms. The number of hydrogen-bond acceptors (Lipinski definition) is 4. The van der Waals surface area contributed by atoms with Crippen molar-refractivity contribution in [3.63, 3.8) is 0 Å². The number of anilines is 1. The summed E-state index contributed by atoms with van der Waals surface area (Å²) in [5, 5.41) is 2.78. The lowest BCUT2D eigenvalue weighted by molar-refractivity contribution is -0.0498. The highest BCUT2D eigenvalue weighted by Crippen LogP contribution is 2.18. The van der Waals surface area contributed by atoms with Crippen LogP contribution in [0.15, 0.2) is 42.6 Å². The van der Waals surface area contributed by atoms with Crippen molar-refractivity contribution >= 4 is 11.7 Å². The zero-order chi connectivity index (χ0) is 17.6. The molecule has 1 fully saturated rings. The Morgan fingerprint density at radius 1 is 1.16 bits per heavy atom. The van der Waals surface area contributed by atoms with Gasteiger partial charge in [0.1, 0.15) is 11.6 Å². The zero-order valence-corrected chi connectivity index (χ0v) is 13.6. The van der Waals surface area contributed by atoms with E-state index < -0.39 is 6.61 Å². The van der Waals surface area contributed by atoms with Crippen LogP contribution in [0.2, 0.25) is 0 Å². The predicted molar refractivity (Wildman–Crippen MR) is 89.9 cm³/mol. The van der Waals surface area contributed by atoms with Crippen molar-refractivity contribution in [2.75, 3.05) is 18.0 Å². The number of ether oxygens (including phenoxy) is 1. The molecule has 2 heterocycles. The van der Waals surface area contributed by atoms with Crippen LogP contribution < -0.4 is 15.0 Å². The molecule has 5 nitrogen and oxygen atoms in total. The summed E-state index contributed by atoms with van der Waals surface area (Å²) < 4.78 is 28.5. The van der Waals surface area contributed by atoms with E-state index in [2.05, 4.69) is 19.9 Å². The van der Waals surface area contributed by atoms with Crippen molar-refractivity contribution in [2.24, 2.45) is 0 Å². The van der Waals surface area contributed by atoms with Gasteiger partial charge in [-0.3, -0.25) is 4.79 Å². The van der Waals surface area contributed by atoms with E-state index in [4.69, 9.17) is 0 Å². The van der Waals surface area contributed by atoms with Crippen molar-refractivity contribution in [1.82, 2.24) is 10.3 Å². The Hall–Kier alpha value is -2.70. The first-order chi connectivity index (χ1) is 12.1. The molecule has 1 N–H and O–H groups in total. The van der Waals surface area contributed by atoms with Gasteiger partial charge in [-0.15, -0.1) is 0 Å². The number of nitrogens with one attached hydrogen (secondary N) is 1. The fourth-order valence-electron chi connectivity index (χ4n) is 2.73. The SMILES string of the molecule is O=C(NCc1ccc(N2CCCC2)nc1)c1ccc(OC(F)F)cc1. The van der Waals surface area contributed by atoms with Gasteiger partial charge in [0.25, 0.3) is 5.91 Å². The number of halogens is 2. The van der Waals surface area contributed by atoms with E-state index in [9.17, 15) is 13.6 Å². The Morgan fingerprint density at radius 3 is 2.48 bits per heavy atom. The highest BCUT2D eigenvalue weighted by Gasteiger charge is 2.13. The number of amides is 1. The smallest absolute Gasteiger partial charge is 0.387 e. The molecule has 25 heavy (non-hydrogen) atoms. The van der Waals surface area contributed by atoms with Gasteiger partial charge in [0.2, 0.25) is 0 Å². The van der Waals surface area contributed by atoms with E-state index in [1.165, 1.54) is 37.1 Å². The minimum Gasteiger partial charge on any atom is -0.435 e. The number of nitrogens with zero attached hydrogens (tertiary/aromatic N) is 2. The van der Waals surface area contributed by atoms with Gasteiger partial charge in [-0.1, -0.05) is 6.07 Å². The molecule has 7 heteroatoms. The summed E-state index contributed by atoms with van der Waals surface area (Å²) in [6.45, 7) is -0.458. The van der Waals surface area contributed by atoms with Crippen LogP contribution in [0.4, 0.5) is 14.6 Å². The number of hydrogen-bond donors (Lipinski definition) is 1. The van der Waals surface area contributed by atoms with Crippen molar-refractivity contribution in [3.8, 4) is 5.75 Å². The fourth-order valence-corrected chi connectivity index (χ4v) is 2.73. The van der Waals surface area contributed by atoms with E-state index in [0.717, 1.165) is 24.5 Å². The lowest BCUT2D eigenvalue weighted by Crippen LogP contribution is -2.23. The summed E-state index contributed by atoms with van der Waals surface area (Å²) in [5.74, 6) is 0.697. The molecule has 1 saturated heterocycles. The van der Waals surface area contributed by atoms with Crippen LogP contribution in [0.1, 0.15) is 28.8 Å². The largest absolute Gasteiger partial charge is 0.435 e. The Labute approximate surface area is 144 Å². The monoisotopic (exact) mass is 347 g/mol. The van der Waals surface area contributed by atoms with Crippen molar-refractivity contribution < 1.29 is 18.3 Å². The molecule has 0 bridgehead atoms. The molecule has 3 rings (SSSR count).